The summed E-state index contributed by atoms with van der Waals surface area (Å²) in [6, 6.07) is 13.4. The van der Waals surface area contributed by atoms with Gasteiger partial charge in [0.1, 0.15) is 0 Å². The first-order valence-corrected chi connectivity index (χ1v) is 7.98. The van der Waals surface area contributed by atoms with Crippen LogP contribution in [0.1, 0.15) is 5.56 Å². The van der Waals surface area contributed by atoms with Gasteiger partial charge in [0.2, 0.25) is 0 Å². The summed E-state index contributed by atoms with van der Waals surface area (Å²) < 4.78 is 0. The maximum atomic E-state index is 11.9. The molecule has 0 atom stereocenters. The van der Waals surface area contributed by atoms with E-state index < -0.39 is 6.03 Å². The van der Waals surface area contributed by atoms with E-state index in [1.807, 2.05) is 12.1 Å². The number of carbonyl (C=O) groups excluding carboxylic acids is 1. The van der Waals surface area contributed by atoms with Gasteiger partial charge in [-0.25, -0.2) is 4.79 Å². The molecule has 0 aromatic heterocycles. The molecule has 7 heteroatoms. The topological polar surface area (TPSA) is 64.9 Å². The van der Waals surface area contributed by atoms with E-state index in [2.05, 4.69) is 10.6 Å². The fraction of sp³-hybridized carbons (Fsp3) is 0.0588. The molecule has 0 spiro atoms. The zero-order valence-corrected chi connectivity index (χ0v) is 14.6. The third-order valence-corrected chi connectivity index (χ3v) is 4.08. The molecule has 122 valence electrons. The van der Waals surface area contributed by atoms with Crippen LogP contribution in [0.5, 0.6) is 0 Å². The van der Waals surface area contributed by atoms with Crippen LogP contribution in [0, 0.1) is 11.3 Å². The van der Waals surface area contributed by atoms with Crippen molar-refractivity contribution in [3.05, 3.63) is 68.7 Å². The number of amides is 2. The molecule has 0 aliphatic heterocycles. The van der Waals surface area contributed by atoms with Gasteiger partial charge in [0, 0.05) is 16.3 Å². The van der Waals surface area contributed by atoms with E-state index in [4.69, 9.17) is 34.8 Å². The minimum Gasteiger partial charge on any atom is -0.333 e. The van der Waals surface area contributed by atoms with Crippen LogP contribution < -0.4 is 10.6 Å². The van der Waals surface area contributed by atoms with Crippen molar-refractivity contribution in [2.75, 3.05) is 11.9 Å². The molecule has 2 rings (SSSR count). The van der Waals surface area contributed by atoms with E-state index in [1.165, 1.54) is 6.07 Å². The fourth-order valence-corrected chi connectivity index (χ4v) is 2.32. The molecule has 0 fully saturated rings. The summed E-state index contributed by atoms with van der Waals surface area (Å²) in [6.07, 6.45) is 1.63. The number of hydrogen-bond donors (Lipinski definition) is 2. The van der Waals surface area contributed by atoms with Crippen molar-refractivity contribution in [2.45, 2.75) is 0 Å². The molecule has 0 saturated carbocycles. The van der Waals surface area contributed by atoms with Gasteiger partial charge >= 0.3 is 6.03 Å². The summed E-state index contributed by atoms with van der Waals surface area (Å²) in [5, 5.41) is 15.7. The van der Waals surface area contributed by atoms with Crippen LogP contribution in [0.25, 0.3) is 6.08 Å². The molecule has 0 heterocycles. The molecule has 2 aromatic carbocycles. The predicted octanol–water partition coefficient (Wildman–Crippen LogP) is 5.38. The Bertz CT molecular complexity index is 828. The van der Waals surface area contributed by atoms with Crippen molar-refractivity contribution < 1.29 is 4.79 Å². The number of nitrogens with zero attached hydrogens (tertiary/aromatic N) is 1. The van der Waals surface area contributed by atoms with E-state index >= 15 is 0 Å². The zero-order valence-electron chi connectivity index (χ0n) is 12.3. The van der Waals surface area contributed by atoms with Crippen LogP contribution in [-0.4, -0.2) is 12.6 Å². The van der Waals surface area contributed by atoms with Crippen LogP contribution in [0.3, 0.4) is 0 Å². The van der Waals surface area contributed by atoms with Gasteiger partial charge in [0.05, 0.1) is 22.7 Å². The average molecular weight is 381 g/mol. The Morgan fingerprint density at radius 2 is 1.83 bits per heavy atom. The van der Waals surface area contributed by atoms with E-state index in [0.29, 0.717) is 31.9 Å². The third kappa shape index (κ3) is 5.17. The van der Waals surface area contributed by atoms with Crippen LogP contribution in [0.2, 0.25) is 15.1 Å². The first-order chi connectivity index (χ1) is 11.5. The Labute approximate surface area is 154 Å². The van der Waals surface area contributed by atoms with E-state index in [0.717, 1.165) is 0 Å². The first kappa shape index (κ1) is 18.2. The minimum absolute atomic E-state index is 0.0644. The summed E-state index contributed by atoms with van der Waals surface area (Å²) in [7, 11) is 0. The molecule has 0 aliphatic carbocycles. The molecule has 0 bridgehead atoms. The van der Waals surface area contributed by atoms with Gasteiger partial charge in [-0.15, -0.1) is 0 Å². The molecular formula is C17H12Cl3N3O. The smallest absolute Gasteiger partial charge is 0.319 e. The molecule has 0 radical (unpaired) electrons. The van der Waals surface area contributed by atoms with Gasteiger partial charge in [0.25, 0.3) is 0 Å². The highest BCUT2D eigenvalue weighted by Crippen LogP contribution is 2.24. The van der Waals surface area contributed by atoms with Gasteiger partial charge < -0.3 is 10.6 Å². The quantitative estimate of drug-likeness (QED) is 0.700. The maximum Gasteiger partial charge on any atom is 0.319 e. The number of urea groups is 1. The summed E-state index contributed by atoms with van der Waals surface area (Å²) in [5.41, 5.74) is 1.57. The first-order valence-electron chi connectivity index (χ1n) is 6.84. The lowest BCUT2D eigenvalue weighted by Crippen LogP contribution is -2.30. The van der Waals surface area contributed by atoms with E-state index in [9.17, 15) is 10.1 Å². The highest BCUT2D eigenvalue weighted by Gasteiger charge is 2.06. The Morgan fingerprint density at radius 3 is 2.50 bits per heavy atom. The highest BCUT2D eigenvalue weighted by molar-refractivity contribution is 6.42. The molecule has 2 aromatic rings. The third-order valence-electron chi connectivity index (χ3n) is 3.00. The van der Waals surface area contributed by atoms with Crippen molar-refractivity contribution in [3.63, 3.8) is 0 Å². The largest absolute Gasteiger partial charge is 0.333 e. The molecule has 4 nitrogen and oxygen atoms in total. The SMILES string of the molecule is N#C/C(=C/c1ccccc1Cl)CNC(=O)Nc1ccc(Cl)c(Cl)c1. The monoisotopic (exact) mass is 379 g/mol. The number of hydrogen-bond acceptors (Lipinski definition) is 2. The standard InChI is InChI=1S/C17H12Cl3N3O/c18-14-4-2-1-3-12(14)7-11(9-21)10-22-17(24)23-13-5-6-15(19)16(20)8-13/h1-8H,10H2,(H2,22,23,24)/b11-7-. The minimum atomic E-state index is -0.464. The van der Waals surface area contributed by atoms with Crippen LogP contribution >= 0.6 is 34.8 Å². The van der Waals surface area contributed by atoms with Gasteiger partial charge in [0.15, 0.2) is 0 Å². The fourth-order valence-electron chi connectivity index (χ4n) is 1.83. The van der Waals surface area contributed by atoms with E-state index in [-0.39, 0.29) is 6.54 Å². The molecule has 0 saturated heterocycles. The number of nitrogens with one attached hydrogen (secondary N) is 2. The number of halogens is 3. The second-order valence-electron chi connectivity index (χ2n) is 4.74. The summed E-state index contributed by atoms with van der Waals surface area (Å²) in [4.78, 5) is 11.9. The lowest BCUT2D eigenvalue weighted by molar-refractivity contribution is 0.253. The number of carbonyl (C=O) groups is 1. The van der Waals surface area contributed by atoms with Crippen molar-refractivity contribution in [2.24, 2.45) is 0 Å². The van der Waals surface area contributed by atoms with Gasteiger partial charge in [-0.3, -0.25) is 0 Å². The highest BCUT2D eigenvalue weighted by atomic mass is 35.5. The second-order valence-corrected chi connectivity index (χ2v) is 5.96. The molecule has 0 unspecified atom stereocenters. The lowest BCUT2D eigenvalue weighted by Gasteiger charge is -2.08. The van der Waals surface area contributed by atoms with Crippen molar-refractivity contribution in [1.82, 2.24) is 5.32 Å². The summed E-state index contributed by atoms with van der Waals surface area (Å²) >= 11 is 17.7. The molecular weight excluding hydrogens is 369 g/mol. The van der Waals surface area contributed by atoms with Gasteiger partial charge in [-0.1, -0.05) is 53.0 Å². The van der Waals surface area contributed by atoms with E-state index in [1.54, 1.807) is 36.4 Å². The second kappa shape index (κ2) is 8.60. The van der Waals surface area contributed by atoms with Crippen molar-refractivity contribution >= 4 is 52.6 Å². The zero-order chi connectivity index (χ0) is 17.5. The Balaban J connectivity index is 1.98. The number of rotatable bonds is 4. The maximum absolute atomic E-state index is 11.9. The number of benzene rings is 2. The van der Waals surface area contributed by atoms with Crippen LogP contribution in [0.4, 0.5) is 10.5 Å². The molecule has 24 heavy (non-hydrogen) atoms. The van der Waals surface area contributed by atoms with Crippen LogP contribution in [0.15, 0.2) is 48.0 Å². The average Bonchev–Trinajstić information content (AvgIpc) is 2.56. The van der Waals surface area contributed by atoms with Crippen LogP contribution in [-0.2, 0) is 0 Å². The Kier molecular flexibility index (Phi) is 6.51. The molecule has 2 amide bonds. The Hall–Kier alpha value is -2.19. The predicted molar refractivity (Wildman–Crippen MR) is 98.5 cm³/mol. The number of nitriles is 1. The molecule has 0 aliphatic rings. The lowest BCUT2D eigenvalue weighted by atomic mass is 10.1. The van der Waals surface area contributed by atoms with Gasteiger partial charge in [-0.05, 0) is 35.9 Å². The number of anilines is 1. The normalized spacial score (nSPS) is 10.8. The van der Waals surface area contributed by atoms with Crippen molar-refractivity contribution in [3.8, 4) is 6.07 Å². The van der Waals surface area contributed by atoms with Gasteiger partial charge in [-0.2, -0.15) is 5.26 Å². The Morgan fingerprint density at radius 1 is 1.08 bits per heavy atom. The van der Waals surface area contributed by atoms with Crippen molar-refractivity contribution in [1.29, 1.82) is 5.26 Å². The summed E-state index contributed by atoms with van der Waals surface area (Å²) in [5.74, 6) is 0. The summed E-state index contributed by atoms with van der Waals surface area (Å²) in [6.45, 7) is 0.0644. The molecule has 2 N–H and O–H groups in total.